The Morgan fingerprint density at radius 3 is 2.95 bits per heavy atom. The van der Waals surface area contributed by atoms with Gasteiger partial charge in [-0.25, -0.2) is 0 Å². The number of piperidine rings is 1. The van der Waals surface area contributed by atoms with E-state index in [4.69, 9.17) is 0 Å². The summed E-state index contributed by atoms with van der Waals surface area (Å²) in [6, 6.07) is 9.84. The molecule has 0 aliphatic carbocycles. The van der Waals surface area contributed by atoms with Crippen molar-refractivity contribution in [2.75, 3.05) is 6.54 Å². The second kappa shape index (κ2) is 4.74. The predicted molar refractivity (Wildman–Crippen MR) is 76.3 cm³/mol. The van der Waals surface area contributed by atoms with Crippen LogP contribution in [0.15, 0.2) is 36.5 Å². The van der Waals surface area contributed by atoms with Gasteiger partial charge in [-0.05, 0) is 44.9 Å². The summed E-state index contributed by atoms with van der Waals surface area (Å²) in [7, 11) is 0. The number of aromatic nitrogens is 1. The number of carbonyl (C=O) groups is 1. The second-order valence-electron chi connectivity index (χ2n) is 5.46. The van der Waals surface area contributed by atoms with Crippen LogP contribution in [0.5, 0.6) is 0 Å². The van der Waals surface area contributed by atoms with Crippen molar-refractivity contribution in [3.63, 3.8) is 0 Å². The Morgan fingerprint density at radius 1 is 1.32 bits per heavy atom. The smallest absolute Gasteiger partial charge is 0.184 e. The number of rotatable bonds is 2. The summed E-state index contributed by atoms with van der Waals surface area (Å²) < 4.78 is 0. The molecule has 2 heterocycles. The molecule has 1 aromatic heterocycles. The molecular formula is C16H18N2O. The van der Waals surface area contributed by atoms with E-state index in [1.54, 1.807) is 6.20 Å². The lowest BCUT2D eigenvalue weighted by Gasteiger charge is -2.33. The molecule has 19 heavy (non-hydrogen) atoms. The van der Waals surface area contributed by atoms with Gasteiger partial charge in [-0.15, -0.1) is 0 Å². The first-order valence-electron chi connectivity index (χ1n) is 6.84. The molecule has 1 unspecified atom stereocenters. The van der Waals surface area contributed by atoms with Crippen molar-refractivity contribution < 1.29 is 4.79 Å². The molecule has 1 aromatic carbocycles. The van der Waals surface area contributed by atoms with Crippen molar-refractivity contribution >= 4 is 16.7 Å². The summed E-state index contributed by atoms with van der Waals surface area (Å²) in [5.41, 5.74) is 1.21. The monoisotopic (exact) mass is 254 g/mol. The lowest BCUT2D eigenvalue weighted by atomic mass is 9.84. The van der Waals surface area contributed by atoms with Gasteiger partial charge in [0.1, 0.15) is 0 Å². The Morgan fingerprint density at radius 2 is 2.16 bits per heavy atom. The summed E-state index contributed by atoms with van der Waals surface area (Å²) >= 11 is 0. The zero-order valence-electron chi connectivity index (χ0n) is 11.1. The molecular weight excluding hydrogens is 236 g/mol. The van der Waals surface area contributed by atoms with Crippen LogP contribution in [-0.4, -0.2) is 22.9 Å². The van der Waals surface area contributed by atoms with E-state index in [1.807, 2.05) is 37.3 Å². The summed E-state index contributed by atoms with van der Waals surface area (Å²) in [6.45, 7) is 2.92. The Hall–Kier alpha value is -1.74. The average Bonchev–Trinajstić information content (AvgIpc) is 2.47. The van der Waals surface area contributed by atoms with Crippen LogP contribution in [0, 0.1) is 0 Å². The summed E-state index contributed by atoms with van der Waals surface area (Å²) in [4.78, 5) is 17.0. The standard InChI is InChI=1S/C16H18N2O/c1-16(8-4-5-9-18-16)15(19)13-10-12-6-2-3-7-14(12)17-11-13/h2-3,6-7,10-11,18H,4-5,8-9H2,1H3. The van der Waals surface area contributed by atoms with Crippen molar-refractivity contribution in [2.45, 2.75) is 31.7 Å². The SMILES string of the molecule is CC1(C(=O)c2cnc3ccccc3c2)CCCCN1. The fraction of sp³-hybridized carbons (Fsp3) is 0.375. The third-order valence-electron chi connectivity index (χ3n) is 3.97. The maximum atomic E-state index is 12.7. The predicted octanol–water partition coefficient (Wildman–Crippen LogP) is 2.95. The average molecular weight is 254 g/mol. The van der Waals surface area contributed by atoms with E-state index in [1.165, 1.54) is 0 Å². The van der Waals surface area contributed by atoms with Crippen LogP contribution < -0.4 is 5.32 Å². The lowest BCUT2D eigenvalue weighted by Crippen LogP contribution is -2.52. The number of hydrogen-bond donors (Lipinski definition) is 1. The van der Waals surface area contributed by atoms with E-state index in [9.17, 15) is 4.79 Å². The van der Waals surface area contributed by atoms with Crippen molar-refractivity contribution in [3.8, 4) is 0 Å². The first-order chi connectivity index (χ1) is 9.19. The number of para-hydroxylation sites is 1. The minimum atomic E-state index is -0.428. The Labute approximate surface area is 113 Å². The zero-order valence-corrected chi connectivity index (χ0v) is 11.1. The molecule has 3 rings (SSSR count). The third-order valence-corrected chi connectivity index (χ3v) is 3.97. The minimum absolute atomic E-state index is 0.158. The number of pyridine rings is 1. The van der Waals surface area contributed by atoms with Crippen LogP contribution in [0.1, 0.15) is 36.5 Å². The third kappa shape index (κ3) is 2.26. The number of Topliss-reactive ketones (excluding diaryl/α,β-unsaturated/α-hetero) is 1. The molecule has 1 N–H and O–H groups in total. The summed E-state index contributed by atoms with van der Waals surface area (Å²) in [6.07, 6.45) is 4.86. The van der Waals surface area contributed by atoms with E-state index in [2.05, 4.69) is 10.3 Å². The number of fused-ring (bicyclic) bond motifs is 1. The number of nitrogens with one attached hydrogen (secondary N) is 1. The van der Waals surface area contributed by atoms with Crippen LogP contribution in [0.2, 0.25) is 0 Å². The van der Waals surface area contributed by atoms with Crippen molar-refractivity contribution in [3.05, 3.63) is 42.1 Å². The highest BCUT2D eigenvalue weighted by atomic mass is 16.1. The molecule has 0 saturated carbocycles. The quantitative estimate of drug-likeness (QED) is 0.838. The Balaban J connectivity index is 1.97. The van der Waals surface area contributed by atoms with Crippen LogP contribution in [0.25, 0.3) is 10.9 Å². The number of carbonyl (C=O) groups excluding carboxylic acids is 1. The zero-order chi connectivity index (χ0) is 13.3. The fourth-order valence-electron chi connectivity index (χ4n) is 2.76. The molecule has 3 heteroatoms. The van der Waals surface area contributed by atoms with Crippen molar-refractivity contribution in [1.29, 1.82) is 0 Å². The maximum Gasteiger partial charge on any atom is 0.184 e. The highest BCUT2D eigenvalue weighted by Crippen LogP contribution is 2.24. The molecule has 0 amide bonds. The van der Waals surface area contributed by atoms with E-state index >= 15 is 0 Å². The van der Waals surface area contributed by atoms with Crippen LogP contribution >= 0.6 is 0 Å². The van der Waals surface area contributed by atoms with E-state index in [0.717, 1.165) is 36.7 Å². The van der Waals surface area contributed by atoms with Gasteiger partial charge in [-0.3, -0.25) is 9.78 Å². The van der Waals surface area contributed by atoms with E-state index in [0.29, 0.717) is 5.56 Å². The normalized spacial score (nSPS) is 23.4. The van der Waals surface area contributed by atoms with Gasteiger partial charge >= 0.3 is 0 Å². The van der Waals surface area contributed by atoms with Crippen LogP contribution in [0.4, 0.5) is 0 Å². The Bertz CT molecular complexity index is 615. The maximum absolute atomic E-state index is 12.7. The molecule has 0 spiro atoms. The number of nitrogens with zero attached hydrogens (tertiary/aromatic N) is 1. The molecule has 1 aliphatic heterocycles. The number of hydrogen-bond acceptors (Lipinski definition) is 3. The second-order valence-corrected chi connectivity index (χ2v) is 5.46. The van der Waals surface area contributed by atoms with Gasteiger partial charge in [-0.2, -0.15) is 0 Å². The topological polar surface area (TPSA) is 42.0 Å². The summed E-state index contributed by atoms with van der Waals surface area (Å²) in [5.74, 6) is 0.158. The molecule has 1 fully saturated rings. The highest BCUT2D eigenvalue weighted by Gasteiger charge is 2.34. The van der Waals surface area contributed by atoms with Gasteiger partial charge in [0.05, 0.1) is 11.1 Å². The van der Waals surface area contributed by atoms with Gasteiger partial charge in [-0.1, -0.05) is 18.2 Å². The van der Waals surface area contributed by atoms with E-state index in [-0.39, 0.29) is 5.78 Å². The van der Waals surface area contributed by atoms with Crippen molar-refractivity contribution in [2.24, 2.45) is 0 Å². The molecule has 3 nitrogen and oxygen atoms in total. The van der Waals surface area contributed by atoms with Crippen molar-refractivity contribution in [1.82, 2.24) is 10.3 Å². The number of ketones is 1. The lowest BCUT2D eigenvalue weighted by molar-refractivity contribution is 0.0834. The highest BCUT2D eigenvalue weighted by molar-refractivity contribution is 6.04. The van der Waals surface area contributed by atoms with E-state index < -0.39 is 5.54 Å². The largest absolute Gasteiger partial charge is 0.305 e. The first-order valence-corrected chi connectivity index (χ1v) is 6.84. The molecule has 1 aliphatic rings. The van der Waals surface area contributed by atoms with Gasteiger partial charge in [0, 0.05) is 17.1 Å². The molecule has 1 saturated heterocycles. The molecule has 0 radical (unpaired) electrons. The van der Waals surface area contributed by atoms with Crippen LogP contribution in [-0.2, 0) is 0 Å². The van der Waals surface area contributed by atoms with Gasteiger partial charge in [0.2, 0.25) is 0 Å². The molecule has 1 atom stereocenters. The van der Waals surface area contributed by atoms with Gasteiger partial charge in [0.15, 0.2) is 5.78 Å². The minimum Gasteiger partial charge on any atom is -0.305 e. The number of benzene rings is 1. The van der Waals surface area contributed by atoms with Crippen LogP contribution in [0.3, 0.4) is 0 Å². The fourth-order valence-corrected chi connectivity index (χ4v) is 2.76. The molecule has 98 valence electrons. The van der Waals surface area contributed by atoms with Gasteiger partial charge < -0.3 is 5.32 Å². The summed E-state index contributed by atoms with van der Waals surface area (Å²) in [5, 5.41) is 4.39. The molecule has 0 bridgehead atoms. The van der Waals surface area contributed by atoms with Gasteiger partial charge in [0.25, 0.3) is 0 Å². The first kappa shape index (κ1) is 12.3. The Kier molecular flexibility index (Phi) is 3.07. The molecule has 2 aromatic rings.